The second-order valence-corrected chi connectivity index (χ2v) is 2.22. The third kappa shape index (κ3) is 4.51. The standard InChI is InChI=1S/C9H15NO/c1-4-6-7-10-8(3)9(11)5-2/h4,6-7,9,11H,3,5H2,1-2H3/b6-4-,10-7-. The molecule has 62 valence electrons. The summed E-state index contributed by atoms with van der Waals surface area (Å²) in [6.45, 7) is 7.41. The van der Waals surface area contributed by atoms with Crippen LogP contribution in [0.4, 0.5) is 0 Å². The van der Waals surface area contributed by atoms with Crippen molar-refractivity contribution in [2.45, 2.75) is 26.4 Å². The third-order valence-corrected chi connectivity index (χ3v) is 1.29. The Labute approximate surface area is 68.0 Å². The molecule has 2 nitrogen and oxygen atoms in total. The van der Waals surface area contributed by atoms with Gasteiger partial charge >= 0.3 is 0 Å². The summed E-state index contributed by atoms with van der Waals surface area (Å²) in [4.78, 5) is 3.93. The van der Waals surface area contributed by atoms with Gasteiger partial charge in [-0.3, -0.25) is 4.99 Å². The number of aliphatic hydroxyl groups excluding tert-OH is 1. The first kappa shape index (κ1) is 10.1. The lowest BCUT2D eigenvalue weighted by atomic mass is 10.2. The van der Waals surface area contributed by atoms with E-state index in [1.54, 1.807) is 12.3 Å². The number of hydrogen-bond acceptors (Lipinski definition) is 2. The second-order valence-electron chi connectivity index (χ2n) is 2.22. The van der Waals surface area contributed by atoms with Crippen molar-refractivity contribution >= 4 is 6.21 Å². The van der Waals surface area contributed by atoms with Crippen molar-refractivity contribution in [3.63, 3.8) is 0 Å². The number of nitrogens with zero attached hydrogens (tertiary/aromatic N) is 1. The zero-order valence-corrected chi connectivity index (χ0v) is 7.12. The van der Waals surface area contributed by atoms with Gasteiger partial charge in [-0.2, -0.15) is 0 Å². The lowest BCUT2D eigenvalue weighted by Crippen LogP contribution is -2.05. The monoisotopic (exact) mass is 153 g/mol. The van der Waals surface area contributed by atoms with Crippen molar-refractivity contribution in [3.8, 4) is 0 Å². The molecule has 0 bridgehead atoms. The number of rotatable bonds is 4. The van der Waals surface area contributed by atoms with Gasteiger partial charge in [-0.1, -0.05) is 19.6 Å². The van der Waals surface area contributed by atoms with Crippen LogP contribution in [0.2, 0.25) is 0 Å². The Morgan fingerprint density at radius 1 is 1.73 bits per heavy atom. The SMILES string of the molecule is C=C(/N=C\C=C/C)C(O)CC. The topological polar surface area (TPSA) is 32.6 Å². The molecular formula is C9H15NO. The van der Waals surface area contributed by atoms with Crippen LogP contribution in [-0.2, 0) is 0 Å². The van der Waals surface area contributed by atoms with E-state index < -0.39 is 6.10 Å². The van der Waals surface area contributed by atoms with E-state index in [9.17, 15) is 5.11 Å². The van der Waals surface area contributed by atoms with Crippen molar-refractivity contribution in [2.75, 3.05) is 0 Å². The molecule has 0 saturated carbocycles. The molecule has 0 aromatic heterocycles. The van der Waals surface area contributed by atoms with E-state index >= 15 is 0 Å². The molecule has 1 atom stereocenters. The van der Waals surface area contributed by atoms with Gasteiger partial charge in [0.1, 0.15) is 0 Å². The van der Waals surface area contributed by atoms with Gasteiger partial charge in [0.2, 0.25) is 0 Å². The van der Waals surface area contributed by atoms with Gasteiger partial charge < -0.3 is 5.11 Å². The molecule has 0 fully saturated rings. The molecule has 0 aliphatic carbocycles. The van der Waals surface area contributed by atoms with Crippen LogP contribution >= 0.6 is 0 Å². The van der Waals surface area contributed by atoms with Crippen LogP contribution < -0.4 is 0 Å². The molecule has 0 aliphatic heterocycles. The van der Waals surface area contributed by atoms with Gasteiger partial charge in [0.15, 0.2) is 0 Å². The summed E-state index contributed by atoms with van der Waals surface area (Å²) in [5.74, 6) is 0. The average Bonchev–Trinajstić information content (AvgIpc) is 2.03. The highest BCUT2D eigenvalue weighted by Gasteiger charge is 2.01. The summed E-state index contributed by atoms with van der Waals surface area (Å²) in [5.41, 5.74) is 0.519. The molecule has 0 saturated heterocycles. The van der Waals surface area contributed by atoms with Crippen LogP contribution in [-0.4, -0.2) is 17.4 Å². The van der Waals surface area contributed by atoms with Gasteiger partial charge in [0, 0.05) is 6.21 Å². The molecule has 0 aliphatic rings. The van der Waals surface area contributed by atoms with Crippen LogP contribution in [0.5, 0.6) is 0 Å². The maximum Gasteiger partial charge on any atom is 0.0951 e. The van der Waals surface area contributed by atoms with E-state index in [4.69, 9.17) is 0 Å². The minimum Gasteiger partial charge on any atom is -0.387 e. The molecular weight excluding hydrogens is 138 g/mol. The third-order valence-electron chi connectivity index (χ3n) is 1.29. The number of allylic oxidation sites excluding steroid dienone is 2. The van der Waals surface area contributed by atoms with Crippen LogP contribution in [0, 0.1) is 0 Å². The van der Waals surface area contributed by atoms with E-state index in [2.05, 4.69) is 11.6 Å². The van der Waals surface area contributed by atoms with E-state index in [0.29, 0.717) is 12.1 Å². The summed E-state index contributed by atoms with van der Waals surface area (Å²) in [6, 6.07) is 0. The largest absolute Gasteiger partial charge is 0.387 e. The highest BCUT2D eigenvalue weighted by atomic mass is 16.3. The Bertz CT molecular complexity index is 170. The Hall–Kier alpha value is -0.890. The molecule has 0 amide bonds. The Morgan fingerprint density at radius 3 is 2.82 bits per heavy atom. The van der Waals surface area contributed by atoms with Crippen molar-refractivity contribution in [1.29, 1.82) is 0 Å². The fraction of sp³-hybridized carbons (Fsp3) is 0.444. The Morgan fingerprint density at radius 2 is 2.36 bits per heavy atom. The first-order valence-corrected chi connectivity index (χ1v) is 3.74. The summed E-state index contributed by atoms with van der Waals surface area (Å²) in [7, 11) is 0. The van der Waals surface area contributed by atoms with Crippen LogP contribution in [0.3, 0.4) is 0 Å². The van der Waals surface area contributed by atoms with Crippen molar-refractivity contribution in [2.24, 2.45) is 4.99 Å². The van der Waals surface area contributed by atoms with Crippen LogP contribution in [0.1, 0.15) is 20.3 Å². The van der Waals surface area contributed by atoms with E-state index in [1.165, 1.54) is 0 Å². The molecule has 1 N–H and O–H groups in total. The van der Waals surface area contributed by atoms with Gasteiger partial charge in [0.05, 0.1) is 11.8 Å². The smallest absolute Gasteiger partial charge is 0.0951 e. The lowest BCUT2D eigenvalue weighted by molar-refractivity contribution is 0.206. The van der Waals surface area contributed by atoms with Gasteiger partial charge in [-0.15, -0.1) is 0 Å². The van der Waals surface area contributed by atoms with Crippen molar-refractivity contribution in [1.82, 2.24) is 0 Å². The fourth-order valence-corrected chi connectivity index (χ4v) is 0.546. The van der Waals surface area contributed by atoms with Crippen molar-refractivity contribution < 1.29 is 5.11 Å². The Kier molecular flexibility index (Phi) is 5.39. The Balaban J connectivity index is 3.86. The quantitative estimate of drug-likeness (QED) is 0.615. The molecule has 0 heterocycles. The first-order valence-electron chi connectivity index (χ1n) is 3.74. The van der Waals surface area contributed by atoms with Crippen molar-refractivity contribution in [3.05, 3.63) is 24.4 Å². The summed E-state index contributed by atoms with van der Waals surface area (Å²) in [5, 5.41) is 9.19. The highest BCUT2D eigenvalue weighted by Crippen LogP contribution is 2.03. The minimum atomic E-state index is -0.503. The molecule has 2 heteroatoms. The predicted molar refractivity (Wildman–Crippen MR) is 48.7 cm³/mol. The van der Waals surface area contributed by atoms with Crippen LogP contribution in [0.25, 0.3) is 0 Å². The number of aliphatic imine (C=N–C) groups is 1. The van der Waals surface area contributed by atoms with Crippen LogP contribution in [0.15, 0.2) is 29.4 Å². The van der Waals surface area contributed by atoms with E-state index in [-0.39, 0.29) is 0 Å². The zero-order chi connectivity index (χ0) is 8.69. The predicted octanol–water partition coefficient (Wildman–Crippen LogP) is 1.92. The van der Waals surface area contributed by atoms with E-state index in [0.717, 1.165) is 0 Å². The molecule has 1 unspecified atom stereocenters. The molecule has 0 aromatic carbocycles. The zero-order valence-electron chi connectivity index (χ0n) is 7.12. The summed E-state index contributed by atoms with van der Waals surface area (Å²) < 4.78 is 0. The summed E-state index contributed by atoms with van der Waals surface area (Å²) >= 11 is 0. The lowest BCUT2D eigenvalue weighted by Gasteiger charge is -2.04. The molecule has 0 rings (SSSR count). The number of hydrogen-bond donors (Lipinski definition) is 1. The normalized spacial score (nSPS) is 14.5. The van der Waals surface area contributed by atoms with E-state index in [1.807, 2.05) is 19.9 Å². The molecule has 11 heavy (non-hydrogen) atoms. The molecule has 0 aromatic rings. The number of aliphatic hydroxyl groups is 1. The fourth-order valence-electron chi connectivity index (χ4n) is 0.546. The molecule has 0 radical (unpaired) electrons. The van der Waals surface area contributed by atoms with Gasteiger partial charge in [0.25, 0.3) is 0 Å². The van der Waals surface area contributed by atoms with Gasteiger partial charge in [-0.05, 0) is 19.4 Å². The maximum atomic E-state index is 9.19. The maximum absolute atomic E-state index is 9.19. The first-order chi connectivity index (χ1) is 5.22. The highest BCUT2D eigenvalue weighted by molar-refractivity contribution is 5.71. The minimum absolute atomic E-state index is 0.503. The van der Waals surface area contributed by atoms with Gasteiger partial charge in [-0.25, -0.2) is 0 Å². The average molecular weight is 153 g/mol. The molecule has 0 spiro atoms. The summed E-state index contributed by atoms with van der Waals surface area (Å²) in [6.07, 6.45) is 5.45. The second kappa shape index (κ2) is 5.86.